The summed E-state index contributed by atoms with van der Waals surface area (Å²) in [6, 6.07) is -0.953. The number of cyclic esters (lactones) is 1. The number of thioether (sulfide) groups is 1. The van der Waals surface area contributed by atoms with Crippen molar-refractivity contribution in [2.24, 2.45) is 5.16 Å². The lowest BCUT2D eigenvalue weighted by molar-refractivity contribution is -0.150. The van der Waals surface area contributed by atoms with Crippen LogP contribution in [-0.4, -0.2) is 74.8 Å². The Labute approximate surface area is 189 Å². The van der Waals surface area contributed by atoms with E-state index >= 15 is 0 Å². The number of anilines is 1. The van der Waals surface area contributed by atoms with Crippen molar-refractivity contribution in [2.45, 2.75) is 23.9 Å². The first-order valence-electron chi connectivity index (χ1n) is 9.22. The van der Waals surface area contributed by atoms with Crippen LogP contribution in [0.15, 0.2) is 34.0 Å². The number of nitrogens with zero attached hydrogens (tertiary/aromatic N) is 3. The summed E-state index contributed by atoms with van der Waals surface area (Å²) in [4.78, 5) is 58.6. The number of nitrogen functional groups attached to an aromatic ring is 1. The fourth-order valence-corrected chi connectivity index (χ4v) is 5.42. The Hall–Kier alpha value is -3.39. The maximum absolute atomic E-state index is 12.8. The van der Waals surface area contributed by atoms with Crippen LogP contribution in [0.4, 0.5) is 5.13 Å². The van der Waals surface area contributed by atoms with Gasteiger partial charge in [0, 0.05) is 23.6 Å². The monoisotopic (exact) mass is 479 g/mol. The average molecular weight is 479 g/mol. The van der Waals surface area contributed by atoms with E-state index in [0.717, 1.165) is 16.2 Å². The first-order valence-corrected chi connectivity index (χ1v) is 11.1. The molecule has 4 heterocycles. The zero-order chi connectivity index (χ0) is 23.0. The van der Waals surface area contributed by atoms with E-state index in [9.17, 15) is 24.3 Å². The van der Waals surface area contributed by atoms with Crippen molar-refractivity contribution in [3.8, 4) is 0 Å². The minimum atomic E-state index is -1.27. The number of carbonyl (C=O) groups is 4. The molecule has 0 radical (unpaired) electrons. The largest absolute Gasteiger partial charge is 0.477 e. The molecule has 4 N–H and O–H groups in total. The third-order valence-electron chi connectivity index (χ3n) is 4.86. The van der Waals surface area contributed by atoms with Crippen LogP contribution in [0, 0.1) is 0 Å². The molecule has 3 aliphatic heterocycles. The highest BCUT2D eigenvalue weighted by atomic mass is 32.2. The molecule has 3 atom stereocenters. The number of carboxylic acid groups (broad SMARTS) is 1. The SMILES string of the molecule is CO/N=C(\C(=O)N[C@@H]1C(=O)N2C(C(=O)O)=C(CC3C=CC(=O)O3)CS[C@@H]12)c1csc(N)n1. The maximum Gasteiger partial charge on any atom is 0.352 e. The second kappa shape index (κ2) is 8.63. The molecule has 2 amide bonds. The third-order valence-corrected chi connectivity index (χ3v) is 6.87. The number of amides is 2. The van der Waals surface area contributed by atoms with Gasteiger partial charge in [0.1, 0.15) is 36.0 Å². The van der Waals surface area contributed by atoms with Gasteiger partial charge in [0.25, 0.3) is 11.8 Å². The lowest BCUT2D eigenvalue weighted by Crippen LogP contribution is -2.71. The molecule has 1 fully saturated rings. The Morgan fingerprint density at radius 3 is 2.84 bits per heavy atom. The zero-order valence-electron chi connectivity index (χ0n) is 16.5. The Morgan fingerprint density at radius 2 is 2.25 bits per heavy atom. The normalized spacial score (nSPS) is 24.7. The number of aromatic nitrogens is 1. The molecule has 168 valence electrons. The zero-order valence-corrected chi connectivity index (χ0v) is 18.1. The molecule has 4 rings (SSSR count). The van der Waals surface area contributed by atoms with E-state index in [-0.39, 0.29) is 28.7 Å². The first kappa shape index (κ1) is 21.8. The van der Waals surface area contributed by atoms with Crippen LogP contribution in [-0.2, 0) is 28.8 Å². The van der Waals surface area contributed by atoms with Crippen molar-refractivity contribution in [1.82, 2.24) is 15.2 Å². The van der Waals surface area contributed by atoms with Crippen LogP contribution in [0.1, 0.15) is 12.1 Å². The minimum Gasteiger partial charge on any atom is -0.477 e. The number of hydrogen-bond acceptors (Lipinski definition) is 11. The molecule has 1 unspecified atom stereocenters. The molecule has 12 nitrogen and oxygen atoms in total. The van der Waals surface area contributed by atoms with Crippen LogP contribution < -0.4 is 11.1 Å². The predicted octanol–water partition coefficient (Wildman–Crippen LogP) is -0.314. The molecule has 0 saturated carbocycles. The van der Waals surface area contributed by atoms with Crippen molar-refractivity contribution in [1.29, 1.82) is 0 Å². The number of nitrogens with one attached hydrogen (secondary N) is 1. The summed E-state index contributed by atoms with van der Waals surface area (Å²) in [6.45, 7) is 0. The van der Waals surface area contributed by atoms with Crippen LogP contribution in [0.25, 0.3) is 0 Å². The number of carboxylic acids is 1. The van der Waals surface area contributed by atoms with Gasteiger partial charge in [-0.1, -0.05) is 5.16 Å². The van der Waals surface area contributed by atoms with E-state index in [1.807, 2.05) is 0 Å². The molecular weight excluding hydrogens is 462 g/mol. The Morgan fingerprint density at radius 1 is 1.47 bits per heavy atom. The molecule has 32 heavy (non-hydrogen) atoms. The smallest absolute Gasteiger partial charge is 0.352 e. The van der Waals surface area contributed by atoms with Gasteiger partial charge in [0.2, 0.25) is 0 Å². The lowest BCUT2D eigenvalue weighted by atomic mass is 9.99. The summed E-state index contributed by atoms with van der Waals surface area (Å²) in [5.74, 6) is -2.74. The van der Waals surface area contributed by atoms with Gasteiger partial charge in [-0.2, -0.15) is 0 Å². The van der Waals surface area contributed by atoms with Gasteiger partial charge in [0.15, 0.2) is 10.8 Å². The number of esters is 1. The fraction of sp³-hybridized carbons (Fsp3) is 0.333. The fourth-order valence-electron chi connectivity index (χ4n) is 3.51. The topological polar surface area (TPSA) is 174 Å². The van der Waals surface area contributed by atoms with Gasteiger partial charge in [0.05, 0.1) is 0 Å². The number of fused-ring (bicyclic) bond motifs is 1. The van der Waals surface area contributed by atoms with E-state index in [4.69, 9.17) is 15.3 Å². The highest BCUT2D eigenvalue weighted by Gasteiger charge is 2.54. The molecule has 1 saturated heterocycles. The van der Waals surface area contributed by atoms with E-state index in [2.05, 4.69) is 15.5 Å². The highest BCUT2D eigenvalue weighted by Crippen LogP contribution is 2.41. The second-order valence-electron chi connectivity index (χ2n) is 6.85. The molecule has 1 aromatic heterocycles. The number of hydrogen-bond donors (Lipinski definition) is 3. The lowest BCUT2D eigenvalue weighted by Gasteiger charge is -2.49. The molecule has 0 aliphatic carbocycles. The summed E-state index contributed by atoms with van der Waals surface area (Å²) in [7, 11) is 1.26. The van der Waals surface area contributed by atoms with Gasteiger partial charge in [-0.25, -0.2) is 14.6 Å². The van der Waals surface area contributed by atoms with Crippen molar-refractivity contribution in [3.05, 3.63) is 34.5 Å². The van der Waals surface area contributed by atoms with Crippen molar-refractivity contribution in [2.75, 3.05) is 18.6 Å². The molecule has 0 bridgehead atoms. The summed E-state index contributed by atoms with van der Waals surface area (Å²) < 4.78 is 5.08. The molecular formula is C18H17N5O7S2. The van der Waals surface area contributed by atoms with Crippen molar-refractivity contribution >= 4 is 57.7 Å². The number of aliphatic carboxylic acids is 1. The van der Waals surface area contributed by atoms with Crippen molar-refractivity contribution in [3.63, 3.8) is 0 Å². The van der Waals surface area contributed by atoms with Crippen LogP contribution in [0.3, 0.4) is 0 Å². The average Bonchev–Trinajstić information content (AvgIpc) is 3.37. The molecule has 3 aliphatic rings. The quantitative estimate of drug-likeness (QED) is 0.204. The summed E-state index contributed by atoms with van der Waals surface area (Å²) >= 11 is 2.42. The highest BCUT2D eigenvalue weighted by molar-refractivity contribution is 8.00. The van der Waals surface area contributed by atoms with Gasteiger partial charge in [-0.15, -0.1) is 23.1 Å². The predicted molar refractivity (Wildman–Crippen MR) is 113 cm³/mol. The number of rotatable bonds is 7. The Bertz CT molecular complexity index is 1100. The van der Waals surface area contributed by atoms with Crippen LogP contribution in [0.2, 0.25) is 0 Å². The van der Waals surface area contributed by atoms with Gasteiger partial charge in [-0.05, 0) is 11.6 Å². The molecule has 14 heteroatoms. The van der Waals surface area contributed by atoms with E-state index in [0.29, 0.717) is 11.3 Å². The van der Waals surface area contributed by atoms with Crippen molar-refractivity contribution < 1.29 is 33.9 Å². The second-order valence-corrected chi connectivity index (χ2v) is 8.84. The number of ether oxygens (including phenoxy) is 1. The van der Waals surface area contributed by atoms with Crippen LogP contribution in [0.5, 0.6) is 0 Å². The number of nitrogens with two attached hydrogens (primary N) is 1. The standard InChI is InChI=1S/C18H17N5O7S2/c1-29-22-11(9-6-32-18(19)20-9)14(25)21-12-15(26)23-13(17(27)28)7(5-31-16(12)23)4-8-2-3-10(24)30-8/h2-3,6,8,12,16H,4-5H2,1H3,(H2,19,20)(H,21,25)(H,27,28)/b22-11-/t8?,12-,16+/m1/s1. The van der Waals surface area contributed by atoms with Gasteiger partial charge < -0.3 is 25.7 Å². The van der Waals surface area contributed by atoms with E-state index in [1.165, 1.54) is 30.3 Å². The Kier molecular flexibility index (Phi) is 5.88. The van der Waals surface area contributed by atoms with E-state index in [1.54, 1.807) is 6.08 Å². The molecule has 0 spiro atoms. The molecule has 0 aromatic carbocycles. The summed E-state index contributed by atoms with van der Waals surface area (Å²) in [5, 5.41) is 17.1. The van der Waals surface area contributed by atoms with Crippen LogP contribution >= 0.6 is 23.1 Å². The van der Waals surface area contributed by atoms with Gasteiger partial charge >= 0.3 is 11.9 Å². The minimum absolute atomic E-state index is 0.154. The van der Waals surface area contributed by atoms with Gasteiger partial charge in [-0.3, -0.25) is 14.5 Å². The third kappa shape index (κ3) is 3.93. The summed E-state index contributed by atoms with van der Waals surface area (Å²) in [6.07, 6.45) is 2.42. The number of oxime groups is 1. The first-order chi connectivity index (χ1) is 15.3. The maximum atomic E-state index is 12.8. The van der Waals surface area contributed by atoms with E-state index < -0.39 is 41.3 Å². The number of carbonyl (C=O) groups excluding carboxylic acids is 3. The summed E-state index contributed by atoms with van der Waals surface area (Å²) in [5.41, 5.74) is 5.96. The number of β-lactam (4-membered cyclic amide) rings is 1. The molecule has 1 aromatic rings. The Balaban J connectivity index is 1.50. The number of thiazole rings is 1.